The van der Waals surface area contributed by atoms with Crippen LogP contribution in [0.2, 0.25) is 0 Å². The molecule has 2 N–H and O–H groups in total. The van der Waals surface area contributed by atoms with Gasteiger partial charge in [-0.3, -0.25) is 4.98 Å². The van der Waals surface area contributed by atoms with Gasteiger partial charge in [-0.1, -0.05) is 12.1 Å². The number of pyridine rings is 1. The van der Waals surface area contributed by atoms with Gasteiger partial charge in [0.1, 0.15) is 11.8 Å². The zero-order valence-corrected chi connectivity index (χ0v) is 11.2. The van der Waals surface area contributed by atoms with Crippen LogP contribution >= 0.6 is 0 Å². The summed E-state index contributed by atoms with van der Waals surface area (Å²) in [5, 5.41) is 13.9. The fraction of sp³-hybridized carbons (Fsp3) is 0.133. The molecule has 0 aliphatic carbocycles. The van der Waals surface area contributed by atoms with Gasteiger partial charge < -0.3 is 15.4 Å². The van der Waals surface area contributed by atoms with Crippen LogP contribution in [0.1, 0.15) is 5.56 Å². The van der Waals surface area contributed by atoms with E-state index in [0.717, 1.165) is 5.56 Å². The van der Waals surface area contributed by atoms with E-state index in [1.807, 2.05) is 18.2 Å². The lowest BCUT2D eigenvalue weighted by atomic mass is 10.3. The lowest BCUT2D eigenvalue weighted by molar-refractivity contribution is 0.251. The molecular formula is C15H14N4O2. The molecule has 1 aromatic heterocycles. The van der Waals surface area contributed by atoms with Crippen LogP contribution < -0.4 is 15.4 Å². The maximum Gasteiger partial charge on any atom is 0.319 e. The van der Waals surface area contributed by atoms with Crippen molar-refractivity contribution in [3.63, 3.8) is 0 Å². The van der Waals surface area contributed by atoms with E-state index < -0.39 is 0 Å². The summed E-state index contributed by atoms with van der Waals surface area (Å²) in [7, 11) is 0. The van der Waals surface area contributed by atoms with Gasteiger partial charge in [0.15, 0.2) is 6.61 Å². The number of urea groups is 1. The molecule has 0 atom stereocenters. The molecule has 1 heterocycles. The van der Waals surface area contributed by atoms with Crippen LogP contribution in [0, 0.1) is 11.3 Å². The first-order chi connectivity index (χ1) is 10.3. The Kier molecular flexibility index (Phi) is 5.12. The summed E-state index contributed by atoms with van der Waals surface area (Å²) in [5.41, 5.74) is 1.51. The third-order valence-electron chi connectivity index (χ3n) is 2.57. The molecule has 0 saturated heterocycles. The minimum atomic E-state index is -0.323. The number of amides is 2. The predicted octanol–water partition coefficient (Wildman–Crippen LogP) is 2.31. The third-order valence-corrected chi connectivity index (χ3v) is 2.57. The van der Waals surface area contributed by atoms with Gasteiger partial charge in [0.25, 0.3) is 0 Å². The van der Waals surface area contributed by atoms with E-state index in [1.54, 1.807) is 36.7 Å². The van der Waals surface area contributed by atoms with Gasteiger partial charge in [0, 0.05) is 30.7 Å². The Morgan fingerprint density at radius 3 is 3.00 bits per heavy atom. The molecule has 0 bridgehead atoms. The topological polar surface area (TPSA) is 87.0 Å². The summed E-state index contributed by atoms with van der Waals surface area (Å²) < 4.78 is 5.17. The molecule has 1 aromatic carbocycles. The van der Waals surface area contributed by atoms with E-state index in [4.69, 9.17) is 10.00 Å². The Labute approximate surface area is 122 Å². The van der Waals surface area contributed by atoms with E-state index in [2.05, 4.69) is 15.6 Å². The summed E-state index contributed by atoms with van der Waals surface area (Å²) in [5.74, 6) is 0.529. The van der Waals surface area contributed by atoms with E-state index in [-0.39, 0.29) is 12.6 Å². The number of carbonyl (C=O) groups is 1. The van der Waals surface area contributed by atoms with Crippen molar-refractivity contribution >= 4 is 11.7 Å². The molecule has 6 nitrogen and oxygen atoms in total. The van der Waals surface area contributed by atoms with Crippen LogP contribution in [-0.4, -0.2) is 17.6 Å². The quantitative estimate of drug-likeness (QED) is 0.881. The standard InChI is InChI=1S/C15H14N4O2/c16-6-8-21-14-5-1-4-13(9-14)19-15(20)18-11-12-3-2-7-17-10-12/h1-5,7,9-10H,8,11H2,(H2,18,19,20). The molecule has 0 spiro atoms. The third kappa shape index (κ3) is 4.84. The van der Waals surface area contributed by atoms with Crippen molar-refractivity contribution in [2.75, 3.05) is 11.9 Å². The summed E-state index contributed by atoms with van der Waals surface area (Å²) >= 11 is 0. The van der Waals surface area contributed by atoms with Gasteiger partial charge >= 0.3 is 6.03 Å². The van der Waals surface area contributed by atoms with E-state index in [0.29, 0.717) is 18.0 Å². The van der Waals surface area contributed by atoms with Crippen LogP contribution in [0.15, 0.2) is 48.8 Å². The first kappa shape index (κ1) is 14.3. The lowest BCUT2D eigenvalue weighted by Crippen LogP contribution is -2.28. The number of benzene rings is 1. The zero-order valence-electron chi connectivity index (χ0n) is 11.2. The summed E-state index contributed by atoms with van der Waals surface area (Å²) in [4.78, 5) is 15.7. The van der Waals surface area contributed by atoms with Crippen LogP contribution in [0.4, 0.5) is 10.5 Å². The van der Waals surface area contributed by atoms with E-state index in [1.165, 1.54) is 0 Å². The molecule has 21 heavy (non-hydrogen) atoms. The largest absolute Gasteiger partial charge is 0.479 e. The molecule has 0 aliphatic heterocycles. The molecule has 0 radical (unpaired) electrons. The molecule has 0 saturated carbocycles. The fourth-order valence-corrected chi connectivity index (χ4v) is 1.64. The number of anilines is 1. The molecule has 0 fully saturated rings. The van der Waals surface area contributed by atoms with Gasteiger partial charge in [0.2, 0.25) is 0 Å². The maximum atomic E-state index is 11.8. The van der Waals surface area contributed by atoms with Gasteiger partial charge in [-0.15, -0.1) is 0 Å². The number of hydrogen-bond donors (Lipinski definition) is 2. The number of nitrogens with zero attached hydrogens (tertiary/aromatic N) is 2. The number of rotatable bonds is 5. The summed E-state index contributed by atoms with van der Waals surface area (Å²) in [6, 6.07) is 12.1. The highest BCUT2D eigenvalue weighted by molar-refractivity contribution is 5.89. The van der Waals surface area contributed by atoms with Crippen molar-refractivity contribution in [1.82, 2.24) is 10.3 Å². The lowest BCUT2D eigenvalue weighted by Gasteiger charge is -2.09. The van der Waals surface area contributed by atoms with Crippen LogP contribution in [0.3, 0.4) is 0 Å². The second kappa shape index (κ2) is 7.50. The van der Waals surface area contributed by atoms with Crippen LogP contribution in [-0.2, 0) is 6.54 Å². The van der Waals surface area contributed by atoms with Crippen molar-refractivity contribution < 1.29 is 9.53 Å². The number of carbonyl (C=O) groups excluding carboxylic acids is 1. The normalized spacial score (nSPS) is 9.48. The van der Waals surface area contributed by atoms with Gasteiger partial charge in [0.05, 0.1) is 0 Å². The number of nitrogens with one attached hydrogen (secondary N) is 2. The molecule has 2 rings (SSSR count). The van der Waals surface area contributed by atoms with E-state index >= 15 is 0 Å². The molecule has 0 aliphatic rings. The highest BCUT2D eigenvalue weighted by Gasteiger charge is 2.03. The molecule has 2 amide bonds. The molecular weight excluding hydrogens is 268 g/mol. The van der Waals surface area contributed by atoms with Gasteiger partial charge in [-0.25, -0.2) is 4.79 Å². The Balaban J connectivity index is 1.86. The number of aromatic nitrogens is 1. The van der Waals surface area contributed by atoms with Crippen molar-refractivity contribution in [3.8, 4) is 11.8 Å². The first-order valence-electron chi connectivity index (χ1n) is 6.31. The number of hydrogen-bond acceptors (Lipinski definition) is 4. The Morgan fingerprint density at radius 1 is 1.33 bits per heavy atom. The highest BCUT2D eigenvalue weighted by atomic mass is 16.5. The molecule has 106 valence electrons. The summed E-state index contributed by atoms with van der Waals surface area (Å²) in [6.45, 7) is 0.362. The maximum absolute atomic E-state index is 11.8. The molecule has 6 heteroatoms. The fourth-order valence-electron chi connectivity index (χ4n) is 1.64. The van der Waals surface area contributed by atoms with E-state index in [9.17, 15) is 4.79 Å². The average Bonchev–Trinajstić information content (AvgIpc) is 2.52. The minimum absolute atomic E-state index is 0.0311. The molecule has 2 aromatic rings. The van der Waals surface area contributed by atoms with Crippen molar-refractivity contribution in [1.29, 1.82) is 5.26 Å². The average molecular weight is 282 g/mol. The Hall–Kier alpha value is -3.07. The number of nitriles is 1. The second-order valence-corrected chi connectivity index (χ2v) is 4.14. The second-order valence-electron chi connectivity index (χ2n) is 4.14. The SMILES string of the molecule is N#CCOc1cccc(NC(=O)NCc2cccnc2)c1. The molecule has 0 unspecified atom stereocenters. The van der Waals surface area contributed by atoms with Crippen LogP contribution in [0.25, 0.3) is 0 Å². The summed E-state index contributed by atoms with van der Waals surface area (Å²) in [6.07, 6.45) is 3.37. The van der Waals surface area contributed by atoms with Crippen molar-refractivity contribution in [3.05, 3.63) is 54.4 Å². The Morgan fingerprint density at radius 2 is 2.24 bits per heavy atom. The van der Waals surface area contributed by atoms with Crippen LogP contribution in [0.5, 0.6) is 5.75 Å². The first-order valence-corrected chi connectivity index (χ1v) is 6.31. The van der Waals surface area contributed by atoms with Gasteiger partial charge in [-0.05, 0) is 23.8 Å². The number of ether oxygens (including phenoxy) is 1. The highest BCUT2D eigenvalue weighted by Crippen LogP contribution is 2.17. The monoisotopic (exact) mass is 282 g/mol. The minimum Gasteiger partial charge on any atom is -0.479 e. The Bertz CT molecular complexity index is 638. The predicted molar refractivity (Wildman–Crippen MR) is 77.6 cm³/mol. The smallest absolute Gasteiger partial charge is 0.319 e. The van der Waals surface area contributed by atoms with Crippen molar-refractivity contribution in [2.24, 2.45) is 0 Å². The van der Waals surface area contributed by atoms with Gasteiger partial charge in [-0.2, -0.15) is 5.26 Å². The zero-order chi connectivity index (χ0) is 14.9. The van der Waals surface area contributed by atoms with Crippen molar-refractivity contribution in [2.45, 2.75) is 6.54 Å².